The third kappa shape index (κ3) is 7.62. The number of pyridine rings is 3. The standard InChI is InChI=1S/C28H16N4O4.C17H11NO2.C6H4ClNO/c33-25-17-9-1-3-13-21(17)31(27(35)19-11-5-7-15-29-19)23(25)24-26(34)18-10-2-4-14-22(18)32(24)28(36)20-12-6-8-16-30-20;19-16-11-6-2-1-5-10(11)9-13(16)15-17(20)12-7-3-4-8-14(12)18-15;7-6(9)5-3-1-2-4-8-5/h1-16H;1-8,18H,9H2;1-4H/b24-23+;15-13-;. The summed E-state index contributed by atoms with van der Waals surface area (Å²) in [7, 11) is 0. The largest absolute Gasteiger partial charge is 0.351 e. The maximum absolute atomic E-state index is 13.8. The molecule has 65 heavy (non-hydrogen) atoms. The monoisotopic (exact) mass is 874 g/mol. The number of anilines is 3. The van der Waals surface area contributed by atoms with Crippen LogP contribution in [0.3, 0.4) is 0 Å². The Bertz CT molecular complexity index is 3020. The number of para-hydroxylation sites is 3. The maximum atomic E-state index is 13.8. The minimum absolute atomic E-state index is 0.0377. The molecule has 0 spiro atoms. The van der Waals surface area contributed by atoms with E-state index in [0.717, 1.165) is 11.3 Å². The minimum Gasteiger partial charge on any atom is -0.351 e. The zero-order chi connectivity index (χ0) is 45.2. The van der Waals surface area contributed by atoms with Gasteiger partial charge >= 0.3 is 0 Å². The molecule has 3 aliphatic heterocycles. The van der Waals surface area contributed by atoms with Crippen molar-refractivity contribution in [3.8, 4) is 0 Å². The summed E-state index contributed by atoms with van der Waals surface area (Å²) in [6.45, 7) is 0. The van der Waals surface area contributed by atoms with Crippen LogP contribution in [0.15, 0.2) is 193 Å². The molecule has 6 heterocycles. The molecule has 14 heteroatoms. The van der Waals surface area contributed by atoms with Crippen molar-refractivity contribution in [2.24, 2.45) is 0 Å². The van der Waals surface area contributed by atoms with Gasteiger partial charge in [-0.2, -0.15) is 0 Å². The number of hydrogen-bond donors (Lipinski definition) is 1. The van der Waals surface area contributed by atoms with E-state index in [1.165, 1.54) is 40.5 Å². The number of halogens is 1. The normalized spacial score (nSPS) is 16.3. The Labute approximate surface area is 375 Å². The molecule has 4 aliphatic rings. The molecule has 0 saturated carbocycles. The van der Waals surface area contributed by atoms with Gasteiger partial charge < -0.3 is 5.32 Å². The van der Waals surface area contributed by atoms with E-state index in [9.17, 15) is 33.6 Å². The molecule has 0 saturated heterocycles. The van der Waals surface area contributed by atoms with Gasteiger partial charge in [-0.15, -0.1) is 0 Å². The first-order valence-electron chi connectivity index (χ1n) is 20.0. The van der Waals surface area contributed by atoms with Gasteiger partial charge in [0.25, 0.3) is 17.1 Å². The second kappa shape index (κ2) is 17.5. The van der Waals surface area contributed by atoms with Crippen LogP contribution in [0.1, 0.15) is 78.5 Å². The van der Waals surface area contributed by atoms with Crippen molar-refractivity contribution in [2.45, 2.75) is 6.42 Å². The Morgan fingerprint density at radius 2 is 0.892 bits per heavy atom. The lowest BCUT2D eigenvalue weighted by Crippen LogP contribution is -2.37. The summed E-state index contributed by atoms with van der Waals surface area (Å²) in [6.07, 6.45) is 4.99. The summed E-state index contributed by atoms with van der Waals surface area (Å²) in [5.74, 6) is -2.38. The number of rotatable bonds is 3. The summed E-state index contributed by atoms with van der Waals surface area (Å²) in [4.78, 5) is 104. The smallest absolute Gasteiger partial charge is 0.281 e. The Kier molecular flexibility index (Phi) is 11.2. The van der Waals surface area contributed by atoms with Crippen LogP contribution in [0, 0.1) is 0 Å². The average molecular weight is 875 g/mol. The lowest BCUT2D eigenvalue weighted by atomic mass is 10.1. The number of carbonyl (C=O) groups excluding carboxylic acids is 7. The molecule has 2 amide bonds. The number of Topliss-reactive ketones (excluding diaryl/α,β-unsaturated/α-hetero) is 4. The summed E-state index contributed by atoms with van der Waals surface area (Å²) in [6, 6.07) is 42.7. The topological polar surface area (TPSA) is 177 Å². The average Bonchev–Trinajstić information content (AvgIpc) is 4.06. The van der Waals surface area contributed by atoms with Gasteiger partial charge in [0.1, 0.15) is 28.5 Å². The van der Waals surface area contributed by atoms with Gasteiger partial charge in [0.05, 0.1) is 17.1 Å². The molecular formula is C51H31ClN6O7. The van der Waals surface area contributed by atoms with Gasteiger partial charge in [-0.25, -0.2) is 0 Å². The summed E-state index contributed by atoms with van der Waals surface area (Å²) >= 11 is 5.10. The number of nitrogens with one attached hydrogen (secondary N) is 1. The van der Waals surface area contributed by atoms with Crippen molar-refractivity contribution >= 4 is 68.9 Å². The number of hydrogen-bond acceptors (Lipinski definition) is 11. The third-order valence-corrected chi connectivity index (χ3v) is 11.0. The van der Waals surface area contributed by atoms with Gasteiger partial charge in [0, 0.05) is 58.5 Å². The molecule has 13 nitrogen and oxygen atoms in total. The minimum atomic E-state index is -0.592. The van der Waals surface area contributed by atoms with E-state index >= 15 is 0 Å². The van der Waals surface area contributed by atoms with Crippen LogP contribution < -0.4 is 15.1 Å². The van der Waals surface area contributed by atoms with Crippen molar-refractivity contribution in [3.63, 3.8) is 0 Å². The summed E-state index contributed by atoms with van der Waals surface area (Å²) < 4.78 is 0. The van der Waals surface area contributed by atoms with Gasteiger partial charge in [-0.1, -0.05) is 78.9 Å². The van der Waals surface area contributed by atoms with E-state index in [4.69, 9.17) is 11.6 Å². The number of carbonyl (C=O) groups is 7. The Morgan fingerprint density at radius 3 is 1.34 bits per heavy atom. The Morgan fingerprint density at radius 1 is 0.462 bits per heavy atom. The lowest BCUT2D eigenvalue weighted by Gasteiger charge is -2.24. The molecule has 0 radical (unpaired) electrons. The Balaban J connectivity index is 0.000000152. The molecule has 0 atom stereocenters. The van der Waals surface area contributed by atoms with Crippen LogP contribution in [0.2, 0.25) is 0 Å². The summed E-state index contributed by atoms with van der Waals surface area (Å²) in [5, 5.41) is 2.58. The van der Waals surface area contributed by atoms with E-state index in [2.05, 4.69) is 20.3 Å². The van der Waals surface area contributed by atoms with Gasteiger partial charge in [-0.05, 0) is 90.0 Å². The summed E-state index contributed by atoms with van der Waals surface area (Å²) in [5.41, 5.74) is 5.33. The van der Waals surface area contributed by atoms with E-state index in [1.54, 1.807) is 97.1 Å². The predicted molar refractivity (Wildman–Crippen MR) is 241 cm³/mol. The first kappa shape index (κ1) is 41.5. The molecule has 4 aromatic carbocycles. The van der Waals surface area contributed by atoms with Gasteiger partial charge in [-0.3, -0.25) is 58.3 Å². The molecule has 0 bridgehead atoms. The molecule has 7 aromatic rings. The molecule has 0 unspecified atom stereocenters. The zero-order valence-corrected chi connectivity index (χ0v) is 34.6. The highest BCUT2D eigenvalue weighted by Crippen LogP contribution is 2.43. The number of aromatic nitrogens is 3. The molecule has 0 fully saturated rings. The van der Waals surface area contributed by atoms with Gasteiger partial charge in [0.2, 0.25) is 17.3 Å². The van der Waals surface area contributed by atoms with E-state index in [0.29, 0.717) is 45.9 Å². The highest BCUT2D eigenvalue weighted by Gasteiger charge is 2.47. The number of ketones is 4. The van der Waals surface area contributed by atoms with E-state index in [-0.39, 0.29) is 45.5 Å². The first-order valence-corrected chi connectivity index (χ1v) is 20.4. The van der Waals surface area contributed by atoms with Gasteiger partial charge in [0.15, 0.2) is 5.78 Å². The fourth-order valence-corrected chi connectivity index (χ4v) is 7.93. The Hall–Kier alpha value is -8.81. The van der Waals surface area contributed by atoms with Crippen LogP contribution in [-0.4, -0.2) is 55.1 Å². The fourth-order valence-electron chi connectivity index (χ4n) is 7.82. The van der Waals surface area contributed by atoms with Crippen LogP contribution in [0.5, 0.6) is 0 Å². The molecular weight excluding hydrogens is 844 g/mol. The highest BCUT2D eigenvalue weighted by molar-refractivity contribution is 6.67. The van der Waals surface area contributed by atoms with Crippen molar-refractivity contribution in [1.82, 2.24) is 15.0 Å². The van der Waals surface area contributed by atoms with E-state index in [1.807, 2.05) is 42.5 Å². The van der Waals surface area contributed by atoms with Crippen molar-refractivity contribution in [1.29, 1.82) is 0 Å². The first-order chi connectivity index (χ1) is 31.6. The predicted octanol–water partition coefficient (Wildman–Crippen LogP) is 8.52. The number of allylic oxidation sites excluding steroid dienone is 4. The van der Waals surface area contributed by atoms with Crippen LogP contribution in [0.25, 0.3) is 0 Å². The van der Waals surface area contributed by atoms with Crippen LogP contribution >= 0.6 is 11.6 Å². The van der Waals surface area contributed by atoms with Crippen molar-refractivity contribution < 1.29 is 33.6 Å². The number of nitrogens with zero attached hydrogens (tertiary/aromatic N) is 5. The number of benzene rings is 4. The molecule has 3 aromatic heterocycles. The van der Waals surface area contributed by atoms with E-state index < -0.39 is 28.6 Å². The third-order valence-electron chi connectivity index (χ3n) is 10.8. The number of fused-ring (bicyclic) bond motifs is 4. The molecule has 314 valence electrons. The molecule has 1 N–H and O–H groups in total. The maximum Gasteiger partial charge on any atom is 0.281 e. The second-order valence-electron chi connectivity index (χ2n) is 14.6. The quantitative estimate of drug-likeness (QED) is 0.133. The number of amides is 2. The second-order valence-corrected chi connectivity index (χ2v) is 14.9. The SMILES string of the molecule is O=C(Cl)c1ccccn1.O=C1/C(=C2/C(=O)c3ccccc3N2C(=O)c2ccccn2)N(C(=O)c2ccccn2)c2ccccc21.O=C1/C(=C2\Nc3ccccc3C2=O)Cc2ccccc21. The fraction of sp³-hybridized carbons (Fsp3) is 0.0196. The zero-order valence-electron chi connectivity index (χ0n) is 33.8. The molecule has 11 rings (SSSR count). The lowest BCUT2D eigenvalue weighted by molar-refractivity contribution is 0.0950. The molecule has 1 aliphatic carbocycles. The van der Waals surface area contributed by atoms with Crippen molar-refractivity contribution in [2.75, 3.05) is 15.1 Å². The van der Waals surface area contributed by atoms with Crippen LogP contribution in [-0.2, 0) is 6.42 Å². The van der Waals surface area contributed by atoms with Crippen molar-refractivity contribution in [3.05, 3.63) is 238 Å². The van der Waals surface area contributed by atoms with Crippen LogP contribution in [0.4, 0.5) is 17.1 Å². The highest BCUT2D eigenvalue weighted by atomic mass is 35.5.